The van der Waals surface area contributed by atoms with Gasteiger partial charge in [0.15, 0.2) is 0 Å². The van der Waals surface area contributed by atoms with Gasteiger partial charge in [-0.1, -0.05) is 63.6 Å². The lowest BCUT2D eigenvalue weighted by Crippen LogP contribution is -2.48. The number of carbonyl (C=O) groups is 8. The predicted molar refractivity (Wildman–Crippen MR) is 462 cm³/mol. The van der Waals surface area contributed by atoms with Crippen molar-refractivity contribution in [1.82, 2.24) is 39.5 Å². The zero-order valence-corrected chi connectivity index (χ0v) is 71.5. The molecule has 4 fully saturated rings. The molecule has 4 aliphatic heterocycles. The monoisotopic (exact) mass is 1690 g/mol. The summed E-state index contributed by atoms with van der Waals surface area (Å²) < 4.78 is 76.8. The van der Waals surface area contributed by atoms with Gasteiger partial charge in [-0.05, 0) is 140 Å². The van der Waals surface area contributed by atoms with E-state index in [2.05, 4.69) is 34.6 Å². The van der Waals surface area contributed by atoms with E-state index in [4.69, 9.17) is 16.3 Å². The first kappa shape index (κ1) is 93.1. The number of carbonyl (C=O) groups excluding carboxylic acids is 8. The van der Waals surface area contributed by atoms with Crippen LogP contribution in [0.15, 0.2) is 146 Å². The van der Waals surface area contributed by atoms with Crippen LogP contribution < -0.4 is 43.9 Å². The molecule has 8 amide bonds. The quantitative estimate of drug-likeness (QED) is 0.0382. The first-order valence-corrected chi connectivity index (χ1v) is 41.4. The Kier molecular flexibility index (Phi) is 35.0. The van der Waals surface area contributed by atoms with Gasteiger partial charge in [-0.25, -0.2) is 32.5 Å². The van der Waals surface area contributed by atoms with Crippen LogP contribution in [0, 0.1) is 36.1 Å². The number of hydrogen-bond donors (Lipinski definition) is 0. The van der Waals surface area contributed by atoms with Gasteiger partial charge in [-0.2, -0.15) is 4.39 Å². The van der Waals surface area contributed by atoms with Gasteiger partial charge >= 0.3 is 0 Å². The van der Waals surface area contributed by atoms with Crippen molar-refractivity contribution in [3.63, 3.8) is 0 Å². The Morgan fingerprint density at radius 2 is 0.669 bits per heavy atom. The fraction of sp³-hybridized carbons (Fsp3) is 0.422. The minimum absolute atomic E-state index is 0.0286. The fourth-order valence-electron chi connectivity index (χ4n) is 14.4. The maximum Gasteiger partial charge on any atom is 0.226 e. The molecule has 0 N–H and O–H groups in total. The van der Waals surface area contributed by atoms with Crippen molar-refractivity contribution < 1.29 is 65.0 Å². The zero-order valence-electron chi connectivity index (χ0n) is 70.8. The van der Waals surface area contributed by atoms with Gasteiger partial charge in [0, 0.05) is 249 Å². The summed E-state index contributed by atoms with van der Waals surface area (Å²) in [4.78, 5) is 134. The maximum absolute atomic E-state index is 14.6. The SMILES string of the molecule is CCC(=O)N(C)c1ccc(N2CCN(C(=O)CCc3ccc(C)nc3)CC2)cc1F.CCC(=O)N(C)c1ccc(N2CCN(C(=O)CCc3ccc(OC)nc3)CC2)cc1F.CCC(=O)N(C)c1ccc(N2CCN(C(=O)CCc3cccnc3Cl)CC2)cc1F.CCC(=O)N(C)c1ccc(N2CCN(C(=O)CCc3cccnc3F)CC2)cc1F. The van der Waals surface area contributed by atoms with E-state index < -0.39 is 29.2 Å². The average Bonchev–Trinajstić information content (AvgIpc) is 0.828. The Labute approximate surface area is 710 Å². The highest BCUT2D eigenvalue weighted by molar-refractivity contribution is 6.30. The summed E-state index contributed by atoms with van der Waals surface area (Å²) in [5.41, 5.74) is 8.42. The molecule has 0 atom stereocenters. The number of anilines is 8. The van der Waals surface area contributed by atoms with E-state index in [1.165, 1.54) is 50.1 Å². The lowest BCUT2D eigenvalue weighted by atomic mass is 10.1. The van der Waals surface area contributed by atoms with E-state index in [-0.39, 0.29) is 76.4 Å². The van der Waals surface area contributed by atoms with E-state index >= 15 is 0 Å². The molecule has 25 nitrogen and oxygen atoms in total. The van der Waals surface area contributed by atoms with E-state index in [0.29, 0.717) is 192 Å². The normalized spacial score (nSPS) is 14.0. The second-order valence-corrected chi connectivity index (χ2v) is 30.0. The maximum atomic E-state index is 14.6. The molecule has 646 valence electrons. The Hall–Kier alpha value is -11.8. The lowest BCUT2D eigenvalue weighted by Gasteiger charge is -2.36. The van der Waals surface area contributed by atoms with Crippen LogP contribution in [0.2, 0.25) is 5.15 Å². The molecule has 121 heavy (non-hydrogen) atoms. The van der Waals surface area contributed by atoms with Gasteiger partial charge in [-0.3, -0.25) is 43.3 Å². The molecule has 0 bridgehead atoms. The second kappa shape index (κ2) is 45.5. The predicted octanol–water partition coefficient (Wildman–Crippen LogP) is 12.6. The summed E-state index contributed by atoms with van der Waals surface area (Å²) in [7, 11) is 7.87. The largest absolute Gasteiger partial charge is 0.481 e. The molecule has 4 aromatic heterocycles. The van der Waals surface area contributed by atoms with Gasteiger partial charge in [0.2, 0.25) is 59.1 Å². The first-order chi connectivity index (χ1) is 58.1. The molecule has 0 saturated carbocycles. The molecule has 12 rings (SSSR count). The topological polar surface area (TPSA) is 236 Å². The van der Waals surface area contributed by atoms with E-state index in [0.717, 1.165) is 45.1 Å². The molecule has 0 spiro atoms. The highest BCUT2D eigenvalue weighted by Gasteiger charge is 2.29. The van der Waals surface area contributed by atoms with Crippen LogP contribution in [-0.4, -0.2) is 227 Å². The third-order valence-corrected chi connectivity index (χ3v) is 22.3. The van der Waals surface area contributed by atoms with Gasteiger partial charge in [-0.15, -0.1) is 0 Å². The molecular formula is C90H110ClF5N16O9. The van der Waals surface area contributed by atoms with Crippen molar-refractivity contribution in [2.24, 2.45) is 0 Å². The molecular weight excluding hydrogens is 1580 g/mol. The van der Waals surface area contributed by atoms with Crippen molar-refractivity contribution >= 4 is 104 Å². The molecule has 0 radical (unpaired) electrons. The molecule has 4 saturated heterocycles. The minimum Gasteiger partial charge on any atom is -0.481 e. The Bertz CT molecular complexity index is 4680. The van der Waals surface area contributed by atoms with Gasteiger partial charge in [0.05, 0.1) is 29.9 Å². The van der Waals surface area contributed by atoms with Crippen LogP contribution in [0.4, 0.5) is 67.5 Å². The number of aryl methyl sites for hydroxylation is 5. The number of nitrogens with zero attached hydrogens (tertiary/aromatic N) is 16. The molecule has 31 heteroatoms. The number of halogens is 6. The van der Waals surface area contributed by atoms with Crippen molar-refractivity contribution in [1.29, 1.82) is 0 Å². The van der Waals surface area contributed by atoms with E-state index in [1.54, 1.807) is 129 Å². The number of piperazine rings is 4. The number of benzene rings is 4. The number of methoxy groups -OCH3 is 1. The van der Waals surface area contributed by atoms with E-state index in [1.807, 2.05) is 81.3 Å². The number of rotatable bonds is 25. The van der Waals surface area contributed by atoms with Crippen LogP contribution in [0.1, 0.15) is 107 Å². The van der Waals surface area contributed by atoms with Crippen LogP contribution in [-0.2, 0) is 64.0 Å². The molecule has 8 aromatic rings. The van der Waals surface area contributed by atoms with Crippen molar-refractivity contribution in [2.45, 2.75) is 112 Å². The molecule has 0 unspecified atom stereocenters. The van der Waals surface area contributed by atoms with Crippen molar-refractivity contribution in [2.75, 3.05) is 179 Å². The fourth-order valence-corrected chi connectivity index (χ4v) is 14.6. The summed E-state index contributed by atoms with van der Waals surface area (Å²) in [6, 6.07) is 34.3. The number of ether oxygens (including phenoxy) is 1. The molecule has 0 aliphatic carbocycles. The smallest absolute Gasteiger partial charge is 0.226 e. The summed E-state index contributed by atoms with van der Waals surface area (Å²) in [6.07, 6.45) is 11.5. The number of hydrogen-bond acceptors (Lipinski definition) is 17. The van der Waals surface area contributed by atoms with Crippen LogP contribution in [0.5, 0.6) is 5.88 Å². The summed E-state index contributed by atoms with van der Waals surface area (Å²) in [5.74, 6) is -1.96. The standard InChI is InChI=1S/C23H29FN4O3.C23H29FN4O2.C22H26ClFN4O2.C22H26F2N4O2/c1-4-22(29)26(2)20-8-7-18(15-19(20)24)27-11-13-28(14-12-27)23(30)10-6-17-5-9-21(31-3)25-16-17;1-4-22(29)26(3)21-9-8-19(15-20(21)24)27-11-13-28(14-12-27)23(30)10-7-18-6-5-17(2)25-16-18;1-3-20(29)26(2)19-8-7-17(15-18(19)24)27-11-13-28(14-12-27)21(30)9-6-16-5-4-10-25-22(16)23;1-3-20(29)26(2)19-8-7-17(15-18(19)23)27-11-13-28(14-12-27)21(30)9-6-16-5-4-10-25-22(16)24/h5,7-9,15-16H,4,6,10-14H2,1-3H3;5-6,8-9,15-16H,4,7,10-14H2,1-3H3;2*4-5,7-8,10,15H,3,6,9,11-14H2,1-2H3. The molecule has 8 heterocycles. The minimum atomic E-state index is -0.535. The Balaban J connectivity index is 0.000000183. The second-order valence-electron chi connectivity index (χ2n) is 29.7. The highest BCUT2D eigenvalue weighted by atomic mass is 35.5. The van der Waals surface area contributed by atoms with Gasteiger partial charge < -0.3 is 63.5 Å². The third-order valence-electron chi connectivity index (χ3n) is 22.0. The van der Waals surface area contributed by atoms with Gasteiger partial charge in [0.1, 0.15) is 28.4 Å². The number of amides is 8. The summed E-state index contributed by atoms with van der Waals surface area (Å²) in [6.45, 7) is 18.5. The van der Waals surface area contributed by atoms with Crippen LogP contribution >= 0.6 is 11.6 Å². The third kappa shape index (κ3) is 26.1. The Morgan fingerprint density at radius 3 is 0.942 bits per heavy atom. The first-order valence-electron chi connectivity index (χ1n) is 41.1. The highest BCUT2D eigenvalue weighted by Crippen LogP contribution is 2.32. The molecule has 4 aliphatic rings. The summed E-state index contributed by atoms with van der Waals surface area (Å²) in [5, 5.41) is 0.437. The van der Waals surface area contributed by atoms with Crippen molar-refractivity contribution in [3.8, 4) is 5.88 Å². The molecule has 4 aromatic carbocycles. The van der Waals surface area contributed by atoms with Gasteiger partial charge in [0.25, 0.3) is 0 Å². The lowest BCUT2D eigenvalue weighted by molar-refractivity contribution is -0.132. The average molecular weight is 1690 g/mol. The number of pyridine rings is 4. The zero-order chi connectivity index (χ0) is 87.4. The van der Waals surface area contributed by atoms with Crippen LogP contribution in [0.25, 0.3) is 0 Å². The van der Waals surface area contributed by atoms with E-state index in [9.17, 15) is 60.3 Å². The van der Waals surface area contributed by atoms with Crippen LogP contribution in [0.3, 0.4) is 0 Å². The van der Waals surface area contributed by atoms with Crippen molar-refractivity contribution in [3.05, 3.63) is 208 Å². The summed E-state index contributed by atoms with van der Waals surface area (Å²) >= 11 is 6.05. The number of aromatic nitrogens is 4. The Morgan fingerprint density at radius 1 is 0.372 bits per heavy atom.